The molecule has 0 amide bonds. The standard InChI is InChI=1S/C16H24N2/c1-4-5-6-7-10-18-12-17-15-11-14(13(2)3)8-9-16(15)18/h8-9,11-13H,4-7,10H2,1-3H3. The van der Waals surface area contributed by atoms with Crippen molar-refractivity contribution in [2.45, 2.75) is 58.9 Å². The average Bonchev–Trinajstić information content (AvgIpc) is 2.77. The maximum absolute atomic E-state index is 4.52. The number of unbranched alkanes of at least 4 members (excludes halogenated alkanes) is 3. The number of hydrogen-bond donors (Lipinski definition) is 0. The molecule has 0 N–H and O–H groups in total. The molecule has 0 bridgehead atoms. The van der Waals surface area contributed by atoms with Crippen molar-refractivity contribution in [1.82, 2.24) is 9.55 Å². The van der Waals surface area contributed by atoms with Crippen molar-refractivity contribution in [3.8, 4) is 0 Å². The van der Waals surface area contributed by atoms with Crippen LogP contribution in [0.4, 0.5) is 0 Å². The van der Waals surface area contributed by atoms with E-state index in [0.29, 0.717) is 5.92 Å². The first-order valence-corrected chi connectivity index (χ1v) is 7.17. The summed E-state index contributed by atoms with van der Waals surface area (Å²) in [4.78, 5) is 4.52. The molecule has 0 radical (unpaired) electrons. The summed E-state index contributed by atoms with van der Waals surface area (Å²) in [5.41, 5.74) is 3.78. The second kappa shape index (κ2) is 6.03. The molecule has 0 aliphatic heterocycles. The Kier molecular flexibility index (Phi) is 4.40. The van der Waals surface area contributed by atoms with E-state index in [1.165, 1.54) is 36.8 Å². The van der Waals surface area contributed by atoms with Crippen molar-refractivity contribution in [2.24, 2.45) is 0 Å². The van der Waals surface area contributed by atoms with Crippen LogP contribution in [0.15, 0.2) is 24.5 Å². The molecule has 98 valence electrons. The van der Waals surface area contributed by atoms with Crippen LogP contribution in [0.1, 0.15) is 57.9 Å². The third kappa shape index (κ3) is 2.92. The van der Waals surface area contributed by atoms with Crippen molar-refractivity contribution in [2.75, 3.05) is 0 Å². The average molecular weight is 244 g/mol. The summed E-state index contributed by atoms with van der Waals surface area (Å²) >= 11 is 0. The van der Waals surface area contributed by atoms with Gasteiger partial charge in [-0.25, -0.2) is 4.98 Å². The van der Waals surface area contributed by atoms with E-state index in [-0.39, 0.29) is 0 Å². The van der Waals surface area contributed by atoms with Crippen LogP contribution in [0.5, 0.6) is 0 Å². The quantitative estimate of drug-likeness (QED) is 0.671. The molecule has 0 unspecified atom stereocenters. The lowest BCUT2D eigenvalue weighted by Gasteiger charge is -2.06. The van der Waals surface area contributed by atoms with E-state index in [1.54, 1.807) is 0 Å². The molecule has 0 atom stereocenters. The lowest BCUT2D eigenvalue weighted by molar-refractivity contribution is 0.591. The highest BCUT2D eigenvalue weighted by molar-refractivity contribution is 5.76. The number of hydrogen-bond acceptors (Lipinski definition) is 1. The predicted molar refractivity (Wildman–Crippen MR) is 78.0 cm³/mol. The van der Waals surface area contributed by atoms with Crippen molar-refractivity contribution in [1.29, 1.82) is 0 Å². The molecule has 0 saturated carbocycles. The first-order valence-electron chi connectivity index (χ1n) is 7.17. The topological polar surface area (TPSA) is 17.8 Å². The Morgan fingerprint density at radius 3 is 2.72 bits per heavy atom. The van der Waals surface area contributed by atoms with E-state index in [1.807, 2.05) is 6.33 Å². The Labute approximate surface area is 110 Å². The fourth-order valence-electron chi connectivity index (χ4n) is 2.33. The number of aryl methyl sites for hydroxylation is 1. The van der Waals surface area contributed by atoms with E-state index in [4.69, 9.17) is 0 Å². The number of imidazole rings is 1. The lowest BCUT2D eigenvalue weighted by atomic mass is 10.0. The molecule has 18 heavy (non-hydrogen) atoms. The van der Waals surface area contributed by atoms with Gasteiger partial charge in [0.2, 0.25) is 0 Å². The number of rotatable bonds is 6. The minimum Gasteiger partial charge on any atom is -0.331 e. The van der Waals surface area contributed by atoms with Crippen LogP contribution >= 0.6 is 0 Å². The fraction of sp³-hybridized carbons (Fsp3) is 0.562. The molecule has 1 aromatic heterocycles. The summed E-state index contributed by atoms with van der Waals surface area (Å²) in [5.74, 6) is 0.573. The fourth-order valence-corrected chi connectivity index (χ4v) is 2.33. The molecule has 0 aliphatic rings. The molecular weight excluding hydrogens is 220 g/mol. The monoisotopic (exact) mass is 244 g/mol. The molecule has 2 aromatic rings. The predicted octanol–water partition coefficient (Wildman–Crippen LogP) is 4.74. The van der Waals surface area contributed by atoms with Gasteiger partial charge in [0.15, 0.2) is 0 Å². The molecule has 1 heterocycles. The molecule has 2 heteroatoms. The molecular formula is C16H24N2. The molecule has 0 saturated heterocycles. The zero-order chi connectivity index (χ0) is 13.0. The SMILES string of the molecule is CCCCCCn1cnc2cc(C(C)C)ccc21. The normalized spacial score (nSPS) is 11.6. The van der Waals surface area contributed by atoms with Crippen molar-refractivity contribution in [3.05, 3.63) is 30.1 Å². The maximum atomic E-state index is 4.52. The molecule has 1 aromatic carbocycles. The van der Waals surface area contributed by atoms with Gasteiger partial charge >= 0.3 is 0 Å². The van der Waals surface area contributed by atoms with Crippen LogP contribution in [0.3, 0.4) is 0 Å². The lowest BCUT2D eigenvalue weighted by Crippen LogP contribution is -1.96. The Hall–Kier alpha value is -1.31. The van der Waals surface area contributed by atoms with E-state index in [2.05, 4.69) is 48.5 Å². The summed E-state index contributed by atoms with van der Waals surface area (Å²) in [7, 11) is 0. The molecule has 0 aliphatic carbocycles. The Bertz CT molecular complexity index is 497. The number of aromatic nitrogens is 2. The van der Waals surface area contributed by atoms with Crippen molar-refractivity contribution in [3.63, 3.8) is 0 Å². The molecule has 2 rings (SSSR count). The Balaban J connectivity index is 2.11. The van der Waals surface area contributed by atoms with Gasteiger partial charge in [-0.15, -0.1) is 0 Å². The van der Waals surface area contributed by atoms with Crippen LogP contribution in [0, 0.1) is 0 Å². The molecule has 2 nitrogen and oxygen atoms in total. The number of benzene rings is 1. The largest absolute Gasteiger partial charge is 0.331 e. The molecule has 0 spiro atoms. The van der Waals surface area contributed by atoms with Crippen molar-refractivity contribution < 1.29 is 0 Å². The second-order valence-electron chi connectivity index (χ2n) is 5.40. The van der Waals surface area contributed by atoms with Crippen LogP contribution in [-0.4, -0.2) is 9.55 Å². The summed E-state index contributed by atoms with van der Waals surface area (Å²) in [6.45, 7) is 7.80. The Morgan fingerprint density at radius 1 is 1.17 bits per heavy atom. The van der Waals surface area contributed by atoms with Gasteiger partial charge in [0, 0.05) is 6.54 Å². The van der Waals surface area contributed by atoms with Gasteiger partial charge in [-0.3, -0.25) is 0 Å². The number of nitrogens with zero attached hydrogens (tertiary/aromatic N) is 2. The van der Waals surface area contributed by atoms with Crippen molar-refractivity contribution >= 4 is 11.0 Å². The highest BCUT2D eigenvalue weighted by Crippen LogP contribution is 2.20. The number of fused-ring (bicyclic) bond motifs is 1. The Morgan fingerprint density at radius 2 is 2.00 bits per heavy atom. The minimum atomic E-state index is 0.573. The van der Waals surface area contributed by atoms with Gasteiger partial charge in [-0.2, -0.15) is 0 Å². The van der Waals surface area contributed by atoms with Crippen LogP contribution < -0.4 is 0 Å². The smallest absolute Gasteiger partial charge is 0.0958 e. The van der Waals surface area contributed by atoms with E-state index in [9.17, 15) is 0 Å². The van der Waals surface area contributed by atoms with Gasteiger partial charge < -0.3 is 4.57 Å². The third-order valence-electron chi connectivity index (χ3n) is 3.56. The summed E-state index contributed by atoms with van der Waals surface area (Å²) in [5, 5.41) is 0. The first kappa shape index (κ1) is 13.1. The van der Waals surface area contributed by atoms with Gasteiger partial charge in [0.25, 0.3) is 0 Å². The summed E-state index contributed by atoms with van der Waals surface area (Å²) in [6.07, 6.45) is 7.19. The zero-order valence-corrected chi connectivity index (χ0v) is 11.8. The molecule has 0 fully saturated rings. The maximum Gasteiger partial charge on any atom is 0.0958 e. The van der Waals surface area contributed by atoms with E-state index >= 15 is 0 Å². The first-order chi connectivity index (χ1) is 8.72. The van der Waals surface area contributed by atoms with Gasteiger partial charge in [-0.1, -0.05) is 46.1 Å². The summed E-state index contributed by atoms with van der Waals surface area (Å²) < 4.78 is 2.29. The van der Waals surface area contributed by atoms with Gasteiger partial charge in [0.05, 0.1) is 17.4 Å². The van der Waals surface area contributed by atoms with E-state index < -0.39 is 0 Å². The van der Waals surface area contributed by atoms with Gasteiger partial charge in [-0.05, 0) is 30.0 Å². The van der Waals surface area contributed by atoms with Crippen LogP contribution in [-0.2, 0) is 6.54 Å². The zero-order valence-electron chi connectivity index (χ0n) is 11.8. The highest BCUT2D eigenvalue weighted by atomic mass is 15.0. The van der Waals surface area contributed by atoms with E-state index in [0.717, 1.165) is 12.1 Å². The summed E-state index contributed by atoms with van der Waals surface area (Å²) in [6, 6.07) is 6.68. The third-order valence-corrected chi connectivity index (χ3v) is 3.56. The van der Waals surface area contributed by atoms with Gasteiger partial charge in [0.1, 0.15) is 0 Å². The second-order valence-corrected chi connectivity index (χ2v) is 5.40. The van der Waals surface area contributed by atoms with Crippen LogP contribution in [0.2, 0.25) is 0 Å². The highest BCUT2D eigenvalue weighted by Gasteiger charge is 2.05. The van der Waals surface area contributed by atoms with Crippen LogP contribution in [0.25, 0.3) is 11.0 Å². The minimum absolute atomic E-state index is 0.573.